The number of carbonyl (C=O) groups is 1. The number of aliphatic hydroxyl groups is 2. The summed E-state index contributed by atoms with van der Waals surface area (Å²) in [5.74, 6) is -1.71. The first-order valence-corrected chi connectivity index (χ1v) is 7.61. The summed E-state index contributed by atoms with van der Waals surface area (Å²) in [6, 6.07) is 0. The third-order valence-corrected chi connectivity index (χ3v) is 4.10. The van der Waals surface area contributed by atoms with Crippen molar-refractivity contribution in [2.45, 2.75) is 37.1 Å². The van der Waals surface area contributed by atoms with Crippen LogP contribution in [0.2, 0.25) is 0 Å². The average Bonchev–Trinajstić information content (AvgIpc) is 3.16. The first-order chi connectivity index (χ1) is 12.3. The van der Waals surface area contributed by atoms with Gasteiger partial charge in [0, 0.05) is 6.42 Å². The third kappa shape index (κ3) is 2.47. The fraction of sp³-hybridized carbons (Fsp3) is 0.467. The Balaban J connectivity index is 2.13. The lowest BCUT2D eigenvalue weighted by molar-refractivity contribution is -0.217. The monoisotopic (exact) mass is 365 g/mol. The van der Waals surface area contributed by atoms with Gasteiger partial charge in [-0.2, -0.15) is 0 Å². The van der Waals surface area contributed by atoms with Crippen LogP contribution < -0.4 is 5.73 Å². The molecule has 3 heterocycles. The number of aliphatic hydroxyl groups excluding tert-OH is 1. The van der Waals surface area contributed by atoms with E-state index in [-0.39, 0.29) is 23.4 Å². The summed E-state index contributed by atoms with van der Waals surface area (Å²) < 4.78 is 26.4. The van der Waals surface area contributed by atoms with Gasteiger partial charge in [-0.1, -0.05) is 12.8 Å². The molecule has 0 unspecified atom stereocenters. The number of hydrogen-bond acceptors (Lipinski definition) is 9. The van der Waals surface area contributed by atoms with Gasteiger partial charge in [-0.3, -0.25) is 9.36 Å². The molecule has 4 atom stereocenters. The number of alkyl halides is 1. The number of ether oxygens (including phenoxy) is 2. The summed E-state index contributed by atoms with van der Waals surface area (Å²) in [5, 5.41) is 20.4. The lowest BCUT2D eigenvalue weighted by atomic mass is 9.93. The Bertz CT molecular complexity index is 898. The highest BCUT2D eigenvalue weighted by molar-refractivity contribution is 5.81. The lowest BCUT2D eigenvalue weighted by Gasteiger charge is -2.29. The summed E-state index contributed by atoms with van der Waals surface area (Å²) in [4.78, 5) is 23.4. The number of nitrogen functional groups attached to an aromatic ring is 1. The average molecular weight is 365 g/mol. The molecule has 3 rings (SSSR count). The first kappa shape index (κ1) is 18.0. The van der Waals surface area contributed by atoms with Gasteiger partial charge >= 0.3 is 5.97 Å². The number of carbonyl (C=O) groups excluding carboxylic acids is 1. The molecule has 1 aliphatic heterocycles. The van der Waals surface area contributed by atoms with Crippen molar-refractivity contribution in [3.8, 4) is 12.3 Å². The Labute approximate surface area is 146 Å². The van der Waals surface area contributed by atoms with Gasteiger partial charge in [0.2, 0.25) is 11.7 Å². The molecule has 1 aliphatic rings. The number of imidazole rings is 1. The van der Waals surface area contributed by atoms with Crippen LogP contribution in [0, 0.1) is 12.3 Å². The smallest absolute Gasteiger partial charge is 0.306 e. The second-order valence-electron chi connectivity index (χ2n) is 5.69. The molecule has 1 saturated heterocycles. The Hall–Kier alpha value is -2.81. The molecule has 0 aromatic carbocycles. The van der Waals surface area contributed by atoms with E-state index in [1.54, 1.807) is 0 Å². The number of halogens is 1. The van der Waals surface area contributed by atoms with Crippen LogP contribution in [-0.4, -0.2) is 59.9 Å². The molecule has 26 heavy (non-hydrogen) atoms. The Morgan fingerprint density at radius 2 is 2.31 bits per heavy atom. The van der Waals surface area contributed by atoms with Crippen LogP contribution in [0.25, 0.3) is 11.2 Å². The second kappa shape index (κ2) is 6.17. The van der Waals surface area contributed by atoms with E-state index in [2.05, 4.69) is 15.0 Å². The number of nitrogens with two attached hydrogens (primary N) is 1. The first-order valence-electron chi connectivity index (χ1n) is 7.61. The number of nitrogens with zero attached hydrogens (tertiary/aromatic N) is 4. The minimum atomic E-state index is -2.94. The van der Waals surface area contributed by atoms with Gasteiger partial charge in [0.25, 0.3) is 5.85 Å². The van der Waals surface area contributed by atoms with Crippen LogP contribution in [0.4, 0.5) is 10.2 Å². The predicted octanol–water partition coefficient (Wildman–Crippen LogP) is -0.719. The SMILES string of the molecule is C#C[C@]1(O)[C@H](n2cnc3c(N)ncnc32)O[C@](F)(CO)[C@H]1OC(=O)CC. The molecule has 1 fully saturated rings. The molecular formula is C15H16FN5O5. The van der Waals surface area contributed by atoms with Crippen molar-refractivity contribution in [2.75, 3.05) is 12.3 Å². The van der Waals surface area contributed by atoms with E-state index in [0.29, 0.717) is 0 Å². The number of terminal acetylenes is 1. The maximum atomic E-state index is 15.1. The van der Waals surface area contributed by atoms with E-state index in [1.807, 2.05) is 5.92 Å². The van der Waals surface area contributed by atoms with E-state index in [9.17, 15) is 15.0 Å². The molecule has 0 spiro atoms. The minimum absolute atomic E-state index is 0.0543. The van der Waals surface area contributed by atoms with Crippen molar-refractivity contribution in [3.63, 3.8) is 0 Å². The number of rotatable bonds is 4. The van der Waals surface area contributed by atoms with Gasteiger partial charge in [-0.05, 0) is 0 Å². The maximum absolute atomic E-state index is 15.1. The number of aromatic nitrogens is 4. The van der Waals surface area contributed by atoms with Gasteiger partial charge < -0.3 is 25.4 Å². The van der Waals surface area contributed by atoms with Gasteiger partial charge in [0.15, 0.2) is 17.7 Å². The minimum Gasteiger partial charge on any atom is -0.452 e. The van der Waals surface area contributed by atoms with Crippen LogP contribution in [0.5, 0.6) is 0 Å². The third-order valence-electron chi connectivity index (χ3n) is 4.10. The number of anilines is 1. The van der Waals surface area contributed by atoms with Crippen molar-refractivity contribution >= 4 is 23.0 Å². The fourth-order valence-electron chi connectivity index (χ4n) is 2.77. The summed E-state index contributed by atoms with van der Waals surface area (Å²) in [7, 11) is 0. The van der Waals surface area contributed by atoms with Crippen molar-refractivity contribution < 1.29 is 28.9 Å². The zero-order chi connectivity index (χ0) is 19.1. The predicted molar refractivity (Wildman–Crippen MR) is 84.7 cm³/mol. The summed E-state index contributed by atoms with van der Waals surface area (Å²) in [6.45, 7) is 0.269. The number of esters is 1. The highest BCUT2D eigenvalue weighted by atomic mass is 19.2. The summed E-state index contributed by atoms with van der Waals surface area (Å²) in [5.41, 5.74) is 3.55. The van der Waals surface area contributed by atoms with Crippen molar-refractivity contribution in [1.82, 2.24) is 19.5 Å². The molecule has 138 valence electrons. The molecule has 0 aliphatic carbocycles. The molecule has 11 heteroatoms. The molecule has 10 nitrogen and oxygen atoms in total. The van der Waals surface area contributed by atoms with Crippen molar-refractivity contribution in [2.24, 2.45) is 0 Å². The molecule has 0 saturated carbocycles. The molecular weight excluding hydrogens is 349 g/mol. The number of fused-ring (bicyclic) bond motifs is 1. The Kier molecular flexibility index (Phi) is 4.27. The van der Waals surface area contributed by atoms with Crippen LogP contribution in [0.3, 0.4) is 0 Å². The van der Waals surface area contributed by atoms with Crippen LogP contribution in [0.1, 0.15) is 19.6 Å². The standard InChI is InChI=1S/C15H16FN5O5/c1-3-8(23)25-12-14(24,4-2)13(26-15(12,16)5-22)21-7-20-9-10(17)18-6-19-11(9)21/h2,6-7,12-13,22,24H,3,5H2,1H3,(H2,17,18,19)/t12-,13+,14+,15+/m0/s1. The Morgan fingerprint density at radius 3 is 2.92 bits per heavy atom. The normalized spacial score (nSPS) is 31.0. The van der Waals surface area contributed by atoms with E-state index < -0.39 is 36.4 Å². The molecule has 2 aromatic heterocycles. The molecule has 0 amide bonds. The van der Waals surface area contributed by atoms with E-state index >= 15 is 4.39 Å². The number of hydrogen-bond donors (Lipinski definition) is 3. The maximum Gasteiger partial charge on any atom is 0.306 e. The lowest BCUT2D eigenvalue weighted by Crippen LogP contribution is -2.52. The van der Waals surface area contributed by atoms with E-state index in [4.69, 9.17) is 21.6 Å². The van der Waals surface area contributed by atoms with Crippen LogP contribution >= 0.6 is 0 Å². The topological polar surface area (TPSA) is 146 Å². The van der Waals surface area contributed by atoms with Crippen LogP contribution in [-0.2, 0) is 14.3 Å². The van der Waals surface area contributed by atoms with Gasteiger partial charge in [0.05, 0.1) is 6.33 Å². The quantitative estimate of drug-likeness (QED) is 0.472. The fourth-order valence-corrected chi connectivity index (χ4v) is 2.77. The van der Waals surface area contributed by atoms with Crippen LogP contribution in [0.15, 0.2) is 12.7 Å². The molecule has 0 bridgehead atoms. The van der Waals surface area contributed by atoms with Gasteiger partial charge in [0.1, 0.15) is 18.5 Å². The molecule has 2 aromatic rings. The second-order valence-corrected chi connectivity index (χ2v) is 5.69. The van der Waals surface area contributed by atoms with E-state index in [0.717, 1.165) is 10.9 Å². The highest BCUT2D eigenvalue weighted by Gasteiger charge is 2.67. The molecule has 4 N–H and O–H groups in total. The summed E-state index contributed by atoms with van der Waals surface area (Å²) in [6.07, 6.45) is 4.06. The zero-order valence-corrected chi connectivity index (χ0v) is 13.7. The van der Waals surface area contributed by atoms with Gasteiger partial charge in [-0.15, -0.1) is 6.42 Å². The molecule has 0 radical (unpaired) electrons. The van der Waals surface area contributed by atoms with Gasteiger partial charge in [-0.25, -0.2) is 19.3 Å². The highest BCUT2D eigenvalue weighted by Crippen LogP contribution is 2.47. The zero-order valence-electron chi connectivity index (χ0n) is 13.7. The van der Waals surface area contributed by atoms with E-state index in [1.165, 1.54) is 13.3 Å². The largest absolute Gasteiger partial charge is 0.452 e. The van der Waals surface area contributed by atoms with Crippen molar-refractivity contribution in [3.05, 3.63) is 12.7 Å². The Morgan fingerprint density at radius 1 is 1.58 bits per heavy atom. The van der Waals surface area contributed by atoms with Crippen molar-refractivity contribution in [1.29, 1.82) is 0 Å². The summed E-state index contributed by atoms with van der Waals surface area (Å²) >= 11 is 0.